The molecular formula is C9H7BrN2O. The number of pyridine rings is 1. The van der Waals surface area contributed by atoms with Crippen molar-refractivity contribution in [3.05, 3.63) is 30.1 Å². The molecule has 0 saturated heterocycles. The van der Waals surface area contributed by atoms with Crippen molar-refractivity contribution in [2.75, 3.05) is 5.33 Å². The standard InChI is InChI=1S/C9H7BrN2O/c10-4-9(13)6-3-8-7(12-5-6)1-2-11-8/h1-3,5,11H,4H2. The van der Waals surface area contributed by atoms with Crippen molar-refractivity contribution >= 4 is 32.7 Å². The van der Waals surface area contributed by atoms with E-state index in [0.717, 1.165) is 11.0 Å². The number of aromatic nitrogens is 2. The zero-order valence-electron chi connectivity index (χ0n) is 6.75. The lowest BCUT2D eigenvalue weighted by molar-refractivity contribution is 0.102. The first-order valence-electron chi connectivity index (χ1n) is 3.83. The maximum Gasteiger partial charge on any atom is 0.174 e. The van der Waals surface area contributed by atoms with Gasteiger partial charge in [0.05, 0.1) is 16.4 Å². The zero-order valence-corrected chi connectivity index (χ0v) is 8.34. The van der Waals surface area contributed by atoms with Gasteiger partial charge in [-0.15, -0.1) is 0 Å². The highest BCUT2D eigenvalue weighted by Gasteiger charge is 2.05. The van der Waals surface area contributed by atoms with Crippen LogP contribution in [0.15, 0.2) is 24.5 Å². The molecule has 0 atom stereocenters. The van der Waals surface area contributed by atoms with E-state index in [9.17, 15) is 4.79 Å². The van der Waals surface area contributed by atoms with Crippen LogP contribution in [0.2, 0.25) is 0 Å². The molecule has 0 aliphatic rings. The van der Waals surface area contributed by atoms with Crippen molar-refractivity contribution in [1.29, 1.82) is 0 Å². The summed E-state index contributed by atoms with van der Waals surface area (Å²) in [4.78, 5) is 18.4. The van der Waals surface area contributed by atoms with E-state index in [0.29, 0.717) is 10.9 Å². The summed E-state index contributed by atoms with van der Waals surface area (Å²) in [5.41, 5.74) is 2.41. The number of nitrogens with one attached hydrogen (secondary N) is 1. The normalized spacial score (nSPS) is 10.5. The first-order chi connectivity index (χ1) is 6.31. The second kappa shape index (κ2) is 3.30. The molecule has 0 amide bonds. The van der Waals surface area contributed by atoms with E-state index in [1.165, 1.54) is 0 Å². The van der Waals surface area contributed by atoms with E-state index in [1.807, 2.05) is 12.1 Å². The van der Waals surface area contributed by atoms with Crippen LogP contribution in [-0.2, 0) is 0 Å². The molecule has 2 rings (SSSR count). The summed E-state index contributed by atoms with van der Waals surface area (Å²) >= 11 is 3.12. The zero-order chi connectivity index (χ0) is 9.26. The van der Waals surface area contributed by atoms with Crippen LogP contribution >= 0.6 is 15.9 Å². The number of Topliss-reactive ketones (excluding diaryl/α,β-unsaturated/α-hetero) is 1. The number of rotatable bonds is 2. The van der Waals surface area contributed by atoms with Crippen molar-refractivity contribution in [3.8, 4) is 0 Å². The first kappa shape index (κ1) is 8.44. The van der Waals surface area contributed by atoms with Gasteiger partial charge in [0.1, 0.15) is 0 Å². The molecule has 0 radical (unpaired) electrons. The molecular weight excluding hydrogens is 232 g/mol. The third-order valence-electron chi connectivity index (χ3n) is 1.84. The fourth-order valence-corrected chi connectivity index (χ4v) is 1.49. The summed E-state index contributed by atoms with van der Waals surface area (Å²) in [7, 11) is 0. The minimum absolute atomic E-state index is 0.0454. The monoisotopic (exact) mass is 238 g/mol. The van der Waals surface area contributed by atoms with Crippen LogP contribution < -0.4 is 0 Å². The third-order valence-corrected chi connectivity index (χ3v) is 2.35. The number of aromatic amines is 1. The highest BCUT2D eigenvalue weighted by atomic mass is 79.9. The summed E-state index contributed by atoms with van der Waals surface area (Å²) in [5.74, 6) is 0.0454. The van der Waals surface area contributed by atoms with Gasteiger partial charge >= 0.3 is 0 Å². The Balaban J connectivity index is 2.54. The van der Waals surface area contributed by atoms with Crippen LogP contribution in [-0.4, -0.2) is 21.1 Å². The fourth-order valence-electron chi connectivity index (χ4n) is 1.16. The van der Waals surface area contributed by atoms with Gasteiger partial charge in [-0.05, 0) is 12.1 Å². The van der Waals surface area contributed by atoms with Crippen LogP contribution in [0.1, 0.15) is 10.4 Å². The lowest BCUT2D eigenvalue weighted by Gasteiger charge is -1.95. The summed E-state index contributed by atoms with van der Waals surface area (Å²) in [6.07, 6.45) is 3.40. The number of alkyl halides is 1. The van der Waals surface area contributed by atoms with E-state index >= 15 is 0 Å². The minimum atomic E-state index is 0.0454. The SMILES string of the molecule is O=C(CBr)c1cnc2cc[nH]c2c1. The van der Waals surface area contributed by atoms with Gasteiger partial charge in [0.25, 0.3) is 0 Å². The highest BCUT2D eigenvalue weighted by Crippen LogP contribution is 2.11. The third kappa shape index (κ3) is 1.49. The van der Waals surface area contributed by atoms with Crippen molar-refractivity contribution in [2.24, 2.45) is 0 Å². The van der Waals surface area contributed by atoms with E-state index in [1.54, 1.807) is 12.4 Å². The number of nitrogens with zero attached hydrogens (tertiary/aromatic N) is 1. The van der Waals surface area contributed by atoms with Crippen LogP contribution in [0.25, 0.3) is 11.0 Å². The number of hydrogen-bond donors (Lipinski definition) is 1. The van der Waals surface area contributed by atoms with Crippen molar-refractivity contribution in [2.45, 2.75) is 0 Å². The van der Waals surface area contributed by atoms with Gasteiger partial charge in [0.15, 0.2) is 5.78 Å². The van der Waals surface area contributed by atoms with Gasteiger partial charge in [0, 0.05) is 18.0 Å². The van der Waals surface area contributed by atoms with E-state index in [4.69, 9.17) is 0 Å². The fraction of sp³-hybridized carbons (Fsp3) is 0.111. The molecule has 2 aromatic rings. The van der Waals surface area contributed by atoms with E-state index in [-0.39, 0.29) is 5.78 Å². The van der Waals surface area contributed by atoms with Crippen LogP contribution in [0.5, 0.6) is 0 Å². The smallest absolute Gasteiger partial charge is 0.174 e. The largest absolute Gasteiger partial charge is 0.360 e. The lowest BCUT2D eigenvalue weighted by atomic mass is 10.2. The number of fused-ring (bicyclic) bond motifs is 1. The molecule has 0 aliphatic carbocycles. The molecule has 0 unspecified atom stereocenters. The molecule has 2 heterocycles. The molecule has 13 heavy (non-hydrogen) atoms. The molecule has 0 bridgehead atoms. The molecule has 0 saturated carbocycles. The molecule has 0 spiro atoms. The molecule has 2 aromatic heterocycles. The van der Waals surface area contributed by atoms with E-state index in [2.05, 4.69) is 25.9 Å². The number of halogens is 1. The Morgan fingerprint density at radius 3 is 3.23 bits per heavy atom. The topological polar surface area (TPSA) is 45.8 Å². The molecule has 0 aromatic carbocycles. The van der Waals surface area contributed by atoms with Crippen molar-refractivity contribution < 1.29 is 4.79 Å². The number of ketones is 1. The molecule has 1 N–H and O–H groups in total. The summed E-state index contributed by atoms with van der Waals surface area (Å²) in [6.45, 7) is 0. The highest BCUT2D eigenvalue weighted by molar-refractivity contribution is 9.09. The van der Waals surface area contributed by atoms with Gasteiger partial charge in [-0.25, -0.2) is 0 Å². The van der Waals surface area contributed by atoms with Crippen LogP contribution in [0, 0.1) is 0 Å². The lowest BCUT2D eigenvalue weighted by Crippen LogP contribution is -2.00. The second-order valence-electron chi connectivity index (χ2n) is 2.69. The summed E-state index contributed by atoms with van der Waals surface area (Å²) < 4.78 is 0. The van der Waals surface area contributed by atoms with Crippen molar-refractivity contribution in [1.82, 2.24) is 9.97 Å². The molecule has 3 nitrogen and oxygen atoms in total. The number of H-pyrrole nitrogens is 1. The molecule has 0 aliphatic heterocycles. The van der Waals surface area contributed by atoms with Gasteiger partial charge < -0.3 is 4.98 Å². The quantitative estimate of drug-likeness (QED) is 0.644. The minimum Gasteiger partial charge on any atom is -0.360 e. The Morgan fingerprint density at radius 2 is 2.46 bits per heavy atom. The second-order valence-corrected chi connectivity index (χ2v) is 3.25. The summed E-state index contributed by atoms with van der Waals surface area (Å²) in [5, 5.41) is 0.334. The average molecular weight is 239 g/mol. The first-order valence-corrected chi connectivity index (χ1v) is 4.95. The number of hydrogen-bond acceptors (Lipinski definition) is 2. The Hall–Kier alpha value is -1.16. The Morgan fingerprint density at radius 1 is 1.62 bits per heavy atom. The van der Waals surface area contributed by atoms with Crippen LogP contribution in [0.4, 0.5) is 0 Å². The molecule has 0 fully saturated rings. The van der Waals surface area contributed by atoms with Crippen molar-refractivity contribution in [3.63, 3.8) is 0 Å². The summed E-state index contributed by atoms with van der Waals surface area (Å²) in [6, 6.07) is 3.68. The Bertz CT molecular complexity index is 450. The van der Waals surface area contributed by atoms with Gasteiger partial charge in [-0.1, -0.05) is 15.9 Å². The van der Waals surface area contributed by atoms with Gasteiger partial charge in [-0.2, -0.15) is 0 Å². The van der Waals surface area contributed by atoms with Crippen LogP contribution in [0.3, 0.4) is 0 Å². The average Bonchev–Trinajstić information content (AvgIpc) is 2.63. The number of carbonyl (C=O) groups excluding carboxylic acids is 1. The maximum atomic E-state index is 11.3. The molecule has 66 valence electrons. The van der Waals surface area contributed by atoms with E-state index < -0.39 is 0 Å². The predicted molar refractivity (Wildman–Crippen MR) is 54.2 cm³/mol. The Kier molecular flexibility index (Phi) is 2.14. The van der Waals surface area contributed by atoms with Gasteiger partial charge in [0.2, 0.25) is 0 Å². The maximum absolute atomic E-state index is 11.3. The predicted octanol–water partition coefficient (Wildman–Crippen LogP) is 2.14. The molecule has 4 heteroatoms. The van der Waals surface area contributed by atoms with Gasteiger partial charge in [-0.3, -0.25) is 9.78 Å². The Labute approximate surface area is 83.3 Å². The number of carbonyl (C=O) groups is 1.